The third kappa shape index (κ3) is 2.67. The van der Waals surface area contributed by atoms with Gasteiger partial charge < -0.3 is 10.4 Å². The van der Waals surface area contributed by atoms with E-state index in [1.807, 2.05) is 6.07 Å². The summed E-state index contributed by atoms with van der Waals surface area (Å²) in [6.45, 7) is 0.326. The number of hydrogen-bond donors (Lipinski definition) is 3. The minimum absolute atomic E-state index is 0.148. The molecule has 3 N–H and O–H groups in total. The molecule has 1 aromatic carbocycles. The van der Waals surface area contributed by atoms with Crippen molar-refractivity contribution in [1.29, 1.82) is 0 Å². The Kier molecular flexibility index (Phi) is 3.69. The molecular formula is C15H19N3O2. The molecule has 1 aliphatic carbocycles. The number of nitrogens with one attached hydrogen (secondary N) is 2. The van der Waals surface area contributed by atoms with Gasteiger partial charge in [-0.2, -0.15) is 5.10 Å². The quantitative estimate of drug-likeness (QED) is 0.795. The Bertz CT molecular complexity index is 602. The van der Waals surface area contributed by atoms with Crippen LogP contribution < -0.4 is 5.32 Å². The van der Waals surface area contributed by atoms with E-state index < -0.39 is 6.10 Å². The smallest absolute Gasteiger partial charge is 0.251 e. The molecule has 1 aliphatic rings. The fourth-order valence-electron chi connectivity index (χ4n) is 2.89. The van der Waals surface area contributed by atoms with E-state index in [0.29, 0.717) is 18.0 Å². The number of aliphatic hydroxyl groups excluding tert-OH is 1. The van der Waals surface area contributed by atoms with Gasteiger partial charge in [0, 0.05) is 17.5 Å². The highest BCUT2D eigenvalue weighted by atomic mass is 16.3. The highest BCUT2D eigenvalue weighted by Crippen LogP contribution is 2.27. The number of nitrogens with zero attached hydrogens (tertiary/aromatic N) is 1. The van der Waals surface area contributed by atoms with E-state index in [9.17, 15) is 9.90 Å². The van der Waals surface area contributed by atoms with Crippen molar-refractivity contribution in [3.05, 3.63) is 30.0 Å². The molecule has 3 rings (SSSR count). The third-order valence-electron chi connectivity index (χ3n) is 4.12. The Labute approximate surface area is 117 Å². The fraction of sp³-hybridized carbons (Fsp3) is 0.467. The summed E-state index contributed by atoms with van der Waals surface area (Å²) in [5, 5.41) is 20.6. The van der Waals surface area contributed by atoms with Crippen LogP contribution >= 0.6 is 0 Å². The van der Waals surface area contributed by atoms with Gasteiger partial charge in [0.2, 0.25) is 0 Å². The SMILES string of the molecule is O=C(NCC(O)C1CCCC1)c1ccc2[nH]ncc2c1. The number of aromatic amines is 1. The number of hydrogen-bond acceptors (Lipinski definition) is 3. The van der Waals surface area contributed by atoms with E-state index in [0.717, 1.165) is 23.7 Å². The Morgan fingerprint density at radius 3 is 3.05 bits per heavy atom. The molecule has 0 radical (unpaired) electrons. The molecule has 5 nitrogen and oxygen atoms in total. The Balaban J connectivity index is 1.60. The van der Waals surface area contributed by atoms with Gasteiger partial charge in [0.25, 0.3) is 5.91 Å². The van der Waals surface area contributed by atoms with Crippen LogP contribution in [0.1, 0.15) is 36.0 Å². The second-order valence-electron chi connectivity index (χ2n) is 5.49. The molecule has 1 amide bonds. The van der Waals surface area contributed by atoms with E-state index in [4.69, 9.17) is 0 Å². The zero-order valence-electron chi connectivity index (χ0n) is 11.3. The third-order valence-corrected chi connectivity index (χ3v) is 4.12. The van der Waals surface area contributed by atoms with Gasteiger partial charge in [-0.15, -0.1) is 0 Å². The normalized spacial score (nSPS) is 17.4. The molecule has 1 aromatic heterocycles. The van der Waals surface area contributed by atoms with Gasteiger partial charge >= 0.3 is 0 Å². The molecule has 20 heavy (non-hydrogen) atoms. The lowest BCUT2D eigenvalue weighted by Gasteiger charge is -2.18. The molecule has 2 aromatic rings. The van der Waals surface area contributed by atoms with Crippen LogP contribution in [0.5, 0.6) is 0 Å². The van der Waals surface area contributed by atoms with Gasteiger partial charge in [0.05, 0.1) is 17.8 Å². The monoisotopic (exact) mass is 273 g/mol. The lowest BCUT2D eigenvalue weighted by atomic mass is 10.0. The summed E-state index contributed by atoms with van der Waals surface area (Å²) in [6.07, 6.45) is 5.77. The maximum atomic E-state index is 12.1. The van der Waals surface area contributed by atoms with Crippen molar-refractivity contribution in [2.24, 2.45) is 5.92 Å². The number of fused-ring (bicyclic) bond motifs is 1. The summed E-state index contributed by atoms with van der Waals surface area (Å²) >= 11 is 0. The van der Waals surface area contributed by atoms with Crippen molar-refractivity contribution in [2.75, 3.05) is 6.54 Å². The number of rotatable bonds is 4. The van der Waals surface area contributed by atoms with Crippen LogP contribution in [0.4, 0.5) is 0 Å². The zero-order valence-corrected chi connectivity index (χ0v) is 11.3. The molecule has 106 valence electrons. The summed E-state index contributed by atoms with van der Waals surface area (Å²) in [5.74, 6) is 0.191. The van der Waals surface area contributed by atoms with E-state index in [2.05, 4.69) is 15.5 Å². The maximum absolute atomic E-state index is 12.1. The van der Waals surface area contributed by atoms with Crippen molar-refractivity contribution in [1.82, 2.24) is 15.5 Å². The molecule has 1 unspecified atom stereocenters. The standard InChI is InChI=1S/C15H19N3O2/c19-14(10-3-1-2-4-10)9-16-15(20)11-5-6-13-12(7-11)8-17-18-13/h5-8,10,14,19H,1-4,9H2,(H,16,20)(H,17,18). The Hall–Kier alpha value is -1.88. The average Bonchev–Trinajstić information content (AvgIpc) is 3.13. The van der Waals surface area contributed by atoms with Crippen molar-refractivity contribution >= 4 is 16.8 Å². The maximum Gasteiger partial charge on any atom is 0.251 e. The highest BCUT2D eigenvalue weighted by Gasteiger charge is 2.23. The number of carbonyl (C=O) groups is 1. The molecule has 1 fully saturated rings. The van der Waals surface area contributed by atoms with Crippen molar-refractivity contribution in [3.63, 3.8) is 0 Å². The van der Waals surface area contributed by atoms with Crippen molar-refractivity contribution in [3.8, 4) is 0 Å². The minimum atomic E-state index is -0.431. The van der Waals surface area contributed by atoms with Gasteiger partial charge in [-0.3, -0.25) is 9.89 Å². The van der Waals surface area contributed by atoms with Gasteiger partial charge in [-0.05, 0) is 37.0 Å². The van der Waals surface area contributed by atoms with E-state index in [-0.39, 0.29) is 5.91 Å². The Morgan fingerprint density at radius 2 is 2.25 bits per heavy atom. The van der Waals surface area contributed by atoms with Gasteiger partial charge in [-0.25, -0.2) is 0 Å². The first-order chi connectivity index (χ1) is 9.74. The number of aliphatic hydroxyl groups is 1. The van der Waals surface area contributed by atoms with Crippen LogP contribution in [0.15, 0.2) is 24.4 Å². The molecule has 0 spiro atoms. The second-order valence-corrected chi connectivity index (χ2v) is 5.49. The number of amides is 1. The predicted molar refractivity (Wildman–Crippen MR) is 76.4 cm³/mol. The first kappa shape index (κ1) is 13.1. The molecule has 0 bridgehead atoms. The largest absolute Gasteiger partial charge is 0.391 e. The van der Waals surface area contributed by atoms with Gasteiger partial charge in [0.15, 0.2) is 0 Å². The van der Waals surface area contributed by atoms with E-state index in [1.165, 1.54) is 12.8 Å². The van der Waals surface area contributed by atoms with Crippen LogP contribution in [0, 0.1) is 5.92 Å². The predicted octanol–water partition coefficient (Wildman–Crippen LogP) is 1.84. The fourth-order valence-corrected chi connectivity index (χ4v) is 2.89. The van der Waals surface area contributed by atoms with Crippen LogP contribution in [0.2, 0.25) is 0 Å². The summed E-state index contributed by atoms with van der Waals surface area (Å²) in [5.41, 5.74) is 1.50. The van der Waals surface area contributed by atoms with E-state index in [1.54, 1.807) is 18.3 Å². The van der Waals surface area contributed by atoms with Crippen LogP contribution in [-0.2, 0) is 0 Å². The second kappa shape index (κ2) is 5.63. The lowest BCUT2D eigenvalue weighted by Crippen LogP contribution is -2.35. The van der Waals surface area contributed by atoms with E-state index >= 15 is 0 Å². The van der Waals surface area contributed by atoms with Crippen LogP contribution in [0.25, 0.3) is 10.9 Å². The van der Waals surface area contributed by atoms with Crippen LogP contribution in [0.3, 0.4) is 0 Å². The first-order valence-electron chi connectivity index (χ1n) is 7.13. The number of H-pyrrole nitrogens is 1. The number of carbonyl (C=O) groups excluding carboxylic acids is 1. The first-order valence-corrected chi connectivity index (χ1v) is 7.13. The molecular weight excluding hydrogens is 254 g/mol. The molecule has 0 aliphatic heterocycles. The molecule has 0 saturated heterocycles. The van der Waals surface area contributed by atoms with Gasteiger partial charge in [-0.1, -0.05) is 12.8 Å². The summed E-state index contributed by atoms with van der Waals surface area (Å²) in [7, 11) is 0. The average molecular weight is 273 g/mol. The number of aromatic nitrogens is 2. The van der Waals surface area contributed by atoms with Crippen LogP contribution in [-0.4, -0.2) is 33.9 Å². The Morgan fingerprint density at radius 1 is 1.45 bits per heavy atom. The summed E-state index contributed by atoms with van der Waals surface area (Å²) in [4.78, 5) is 12.1. The topological polar surface area (TPSA) is 78.0 Å². The van der Waals surface area contributed by atoms with Crippen molar-refractivity contribution in [2.45, 2.75) is 31.8 Å². The minimum Gasteiger partial charge on any atom is -0.391 e. The number of benzene rings is 1. The van der Waals surface area contributed by atoms with Gasteiger partial charge in [0.1, 0.15) is 0 Å². The lowest BCUT2D eigenvalue weighted by molar-refractivity contribution is 0.0841. The summed E-state index contributed by atoms with van der Waals surface area (Å²) < 4.78 is 0. The molecule has 1 atom stereocenters. The molecule has 1 saturated carbocycles. The molecule has 5 heteroatoms. The van der Waals surface area contributed by atoms with Crippen molar-refractivity contribution < 1.29 is 9.90 Å². The highest BCUT2D eigenvalue weighted by molar-refractivity contribution is 5.97. The zero-order chi connectivity index (χ0) is 13.9. The molecule has 1 heterocycles. The summed E-state index contributed by atoms with van der Waals surface area (Å²) in [6, 6.07) is 5.40.